The van der Waals surface area contributed by atoms with Crippen molar-refractivity contribution in [1.29, 1.82) is 0 Å². The number of isothiocyanates is 1. The molecule has 0 atom stereocenters. The van der Waals surface area contributed by atoms with E-state index in [2.05, 4.69) is 33.4 Å². The number of hydrogen-bond donors (Lipinski definition) is 1. The molecule has 0 amide bonds. The quantitative estimate of drug-likeness (QED) is 0.569. The summed E-state index contributed by atoms with van der Waals surface area (Å²) < 4.78 is 0. The van der Waals surface area contributed by atoms with E-state index in [1.807, 2.05) is 24.4 Å². The fraction of sp³-hybridized carbons (Fsp3) is 0.100. The molecule has 13 heavy (non-hydrogen) atoms. The van der Waals surface area contributed by atoms with Gasteiger partial charge in [-0.3, -0.25) is 0 Å². The van der Waals surface area contributed by atoms with Crippen LogP contribution in [0.3, 0.4) is 0 Å². The van der Waals surface area contributed by atoms with E-state index in [1.54, 1.807) is 0 Å². The topological polar surface area (TPSA) is 28.1 Å². The second-order valence-electron chi connectivity index (χ2n) is 2.77. The Bertz CT molecular complexity index is 466. The van der Waals surface area contributed by atoms with Crippen LogP contribution in [0, 0.1) is 0 Å². The summed E-state index contributed by atoms with van der Waals surface area (Å²) in [6.45, 7) is 0.605. The highest BCUT2D eigenvalue weighted by Crippen LogP contribution is 2.17. The number of thiocarbonyl (C=S) groups is 1. The molecule has 0 radical (unpaired) electrons. The van der Waals surface area contributed by atoms with Crippen molar-refractivity contribution >= 4 is 28.3 Å². The molecule has 1 aromatic carbocycles. The van der Waals surface area contributed by atoms with Gasteiger partial charge in [0.1, 0.15) is 0 Å². The van der Waals surface area contributed by atoms with Gasteiger partial charge in [0.25, 0.3) is 0 Å². The predicted octanol–water partition coefficient (Wildman–Crippen LogP) is 2.77. The van der Waals surface area contributed by atoms with E-state index in [0.717, 1.165) is 11.1 Å². The van der Waals surface area contributed by atoms with Gasteiger partial charge in [-0.2, -0.15) is 0 Å². The van der Waals surface area contributed by atoms with E-state index in [-0.39, 0.29) is 0 Å². The van der Waals surface area contributed by atoms with E-state index in [1.165, 1.54) is 5.39 Å². The summed E-state index contributed by atoms with van der Waals surface area (Å²) in [5.41, 5.74) is 2.30. The van der Waals surface area contributed by atoms with Crippen LogP contribution in [-0.4, -0.2) is 10.1 Å². The van der Waals surface area contributed by atoms with Gasteiger partial charge in [0.2, 0.25) is 0 Å². The van der Waals surface area contributed by atoms with Crippen LogP contribution in [0.2, 0.25) is 0 Å². The lowest BCUT2D eigenvalue weighted by molar-refractivity contribution is 1.10. The van der Waals surface area contributed by atoms with Crippen LogP contribution < -0.4 is 0 Å². The Morgan fingerprint density at radius 1 is 1.38 bits per heavy atom. The zero-order chi connectivity index (χ0) is 9.10. The Balaban J connectivity index is 2.51. The number of para-hydroxylation sites is 1. The number of nitrogens with zero attached hydrogens (tertiary/aromatic N) is 1. The minimum Gasteiger partial charge on any atom is -0.361 e. The molecule has 3 heteroatoms. The van der Waals surface area contributed by atoms with Crippen LogP contribution >= 0.6 is 12.2 Å². The van der Waals surface area contributed by atoms with Gasteiger partial charge in [-0.25, -0.2) is 4.99 Å². The fourth-order valence-electron chi connectivity index (χ4n) is 1.38. The SMILES string of the molecule is S=C=NCc1c[nH]c2ccccc12. The summed E-state index contributed by atoms with van der Waals surface area (Å²) in [4.78, 5) is 7.08. The molecule has 1 aromatic heterocycles. The maximum Gasteiger partial charge on any atom is 0.0764 e. The van der Waals surface area contributed by atoms with E-state index >= 15 is 0 Å². The molecule has 0 bridgehead atoms. The van der Waals surface area contributed by atoms with Crippen molar-refractivity contribution in [1.82, 2.24) is 4.98 Å². The third-order valence-corrected chi connectivity index (χ3v) is 2.12. The maximum atomic E-state index is 4.52. The van der Waals surface area contributed by atoms with Crippen molar-refractivity contribution in [3.05, 3.63) is 36.0 Å². The first-order valence-corrected chi connectivity index (χ1v) is 4.41. The second kappa shape index (κ2) is 3.52. The number of benzene rings is 1. The number of aromatic amines is 1. The summed E-state index contributed by atoms with van der Waals surface area (Å²) in [6.07, 6.45) is 1.96. The molecular formula is C10H8N2S. The Morgan fingerprint density at radius 3 is 3.08 bits per heavy atom. The average molecular weight is 188 g/mol. The zero-order valence-electron chi connectivity index (χ0n) is 6.95. The van der Waals surface area contributed by atoms with Gasteiger partial charge in [-0.05, 0) is 23.8 Å². The van der Waals surface area contributed by atoms with Crippen molar-refractivity contribution in [2.24, 2.45) is 4.99 Å². The van der Waals surface area contributed by atoms with Crippen molar-refractivity contribution in [3.63, 3.8) is 0 Å². The third-order valence-electron chi connectivity index (χ3n) is 1.99. The molecule has 0 aliphatic heterocycles. The monoisotopic (exact) mass is 188 g/mol. The van der Waals surface area contributed by atoms with Crippen LogP contribution in [0.5, 0.6) is 0 Å². The molecule has 1 heterocycles. The molecule has 0 spiro atoms. The lowest BCUT2D eigenvalue weighted by Crippen LogP contribution is -1.75. The Labute approximate surface area is 81.3 Å². The van der Waals surface area contributed by atoms with Gasteiger partial charge in [-0.1, -0.05) is 18.2 Å². The number of hydrogen-bond acceptors (Lipinski definition) is 2. The number of rotatable bonds is 2. The highest BCUT2D eigenvalue weighted by atomic mass is 32.1. The smallest absolute Gasteiger partial charge is 0.0764 e. The highest BCUT2D eigenvalue weighted by molar-refractivity contribution is 7.78. The average Bonchev–Trinajstić information content (AvgIpc) is 2.58. The van der Waals surface area contributed by atoms with Crippen LogP contribution in [0.4, 0.5) is 0 Å². The summed E-state index contributed by atoms with van der Waals surface area (Å²) >= 11 is 4.52. The van der Waals surface area contributed by atoms with Crippen LogP contribution in [0.25, 0.3) is 10.9 Å². The Hall–Kier alpha value is -1.44. The van der Waals surface area contributed by atoms with Crippen LogP contribution in [-0.2, 0) is 6.54 Å². The number of aliphatic imine (C=N–C) groups is 1. The summed E-state index contributed by atoms with van der Waals surface area (Å²) in [5.74, 6) is 0. The first kappa shape index (κ1) is 8.17. The van der Waals surface area contributed by atoms with Crippen molar-refractivity contribution < 1.29 is 0 Å². The summed E-state index contributed by atoms with van der Waals surface area (Å²) in [5, 5.41) is 3.57. The van der Waals surface area contributed by atoms with E-state index < -0.39 is 0 Å². The zero-order valence-corrected chi connectivity index (χ0v) is 7.77. The molecule has 0 aliphatic rings. The van der Waals surface area contributed by atoms with E-state index in [0.29, 0.717) is 6.54 Å². The Morgan fingerprint density at radius 2 is 2.23 bits per heavy atom. The standard InChI is InChI=1S/C10H8N2S/c13-7-11-5-8-6-12-10-4-2-1-3-9(8)10/h1-4,6,12H,5H2. The largest absolute Gasteiger partial charge is 0.361 e. The predicted molar refractivity (Wildman–Crippen MR) is 57.0 cm³/mol. The van der Waals surface area contributed by atoms with Crippen LogP contribution in [0.15, 0.2) is 35.5 Å². The molecule has 64 valence electrons. The second-order valence-corrected chi connectivity index (χ2v) is 2.95. The third kappa shape index (κ3) is 1.52. The lowest BCUT2D eigenvalue weighted by atomic mass is 10.2. The number of aromatic nitrogens is 1. The first-order chi connectivity index (χ1) is 6.42. The normalized spacial score (nSPS) is 9.85. The van der Waals surface area contributed by atoms with E-state index in [4.69, 9.17) is 0 Å². The lowest BCUT2D eigenvalue weighted by Gasteiger charge is -1.91. The van der Waals surface area contributed by atoms with Gasteiger partial charge in [0.05, 0.1) is 11.7 Å². The van der Waals surface area contributed by atoms with Crippen molar-refractivity contribution in [3.8, 4) is 0 Å². The molecule has 2 nitrogen and oxygen atoms in total. The number of fused-ring (bicyclic) bond motifs is 1. The van der Waals surface area contributed by atoms with Gasteiger partial charge >= 0.3 is 0 Å². The number of H-pyrrole nitrogens is 1. The Kier molecular flexibility index (Phi) is 2.21. The molecule has 2 rings (SSSR count). The molecule has 0 unspecified atom stereocenters. The summed E-state index contributed by atoms with van der Waals surface area (Å²) in [7, 11) is 0. The van der Waals surface area contributed by atoms with E-state index in [9.17, 15) is 0 Å². The maximum absolute atomic E-state index is 4.52. The fourth-order valence-corrected chi connectivity index (χ4v) is 1.44. The van der Waals surface area contributed by atoms with Gasteiger partial charge in [0.15, 0.2) is 0 Å². The summed E-state index contributed by atoms with van der Waals surface area (Å²) in [6, 6.07) is 8.13. The molecule has 0 saturated heterocycles. The molecular weight excluding hydrogens is 180 g/mol. The van der Waals surface area contributed by atoms with Gasteiger partial charge in [0, 0.05) is 17.1 Å². The van der Waals surface area contributed by atoms with Crippen LogP contribution in [0.1, 0.15) is 5.56 Å². The molecule has 2 aromatic rings. The molecule has 0 fully saturated rings. The van der Waals surface area contributed by atoms with Crippen molar-refractivity contribution in [2.75, 3.05) is 0 Å². The van der Waals surface area contributed by atoms with Gasteiger partial charge < -0.3 is 4.98 Å². The minimum absolute atomic E-state index is 0.605. The molecule has 0 aliphatic carbocycles. The van der Waals surface area contributed by atoms with Gasteiger partial charge in [-0.15, -0.1) is 0 Å². The number of nitrogens with one attached hydrogen (secondary N) is 1. The first-order valence-electron chi connectivity index (χ1n) is 4.00. The highest BCUT2D eigenvalue weighted by Gasteiger charge is 2.00. The van der Waals surface area contributed by atoms with Crippen molar-refractivity contribution in [2.45, 2.75) is 6.54 Å². The molecule has 1 N–H and O–H groups in total. The molecule has 0 saturated carbocycles. The minimum atomic E-state index is 0.605.